The van der Waals surface area contributed by atoms with Gasteiger partial charge in [-0.05, 0) is 38.1 Å². The minimum atomic E-state index is -0.540. The van der Waals surface area contributed by atoms with E-state index in [1.165, 1.54) is 23.6 Å². The SMILES string of the molecule is CC(=O)Oc1ccc(N2C(=O)C[C@H](SC(=S)N3C[C@H](C)O[C@@H](C)C3)C2=O)cc1. The second-order valence-corrected chi connectivity index (χ2v) is 8.73. The summed E-state index contributed by atoms with van der Waals surface area (Å²) in [6.07, 6.45) is 0.232. The predicted molar refractivity (Wildman–Crippen MR) is 110 cm³/mol. The fourth-order valence-electron chi connectivity index (χ4n) is 3.32. The van der Waals surface area contributed by atoms with Gasteiger partial charge in [0.1, 0.15) is 15.3 Å². The standard InChI is InChI=1S/C19H22N2O5S2/c1-11-9-20(10-12(2)25-11)19(27)28-16-8-17(23)21(18(16)24)14-4-6-15(7-5-14)26-13(3)22/h4-7,11-12,16H,8-10H2,1-3H3/t11-,12-,16-/m0/s1. The molecular formula is C19H22N2O5S2. The minimum absolute atomic E-state index is 0.0652. The topological polar surface area (TPSA) is 76.2 Å². The number of ether oxygens (including phenoxy) is 2. The predicted octanol–water partition coefficient (Wildman–Crippen LogP) is 2.37. The number of hydrogen-bond acceptors (Lipinski definition) is 7. The number of benzene rings is 1. The maximum absolute atomic E-state index is 12.8. The van der Waals surface area contributed by atoms with Crippen molar-refractivity contribution in [2.75, 3.05) is 18.0 Å². The summed E-state index contributed by atoms with van der Waals surface area (Å²) in [6, 6.07) is 6.29. The molecule has 0 aliphatic carbocycles. The Balaban J connectivity index is 1.66. The molecule has 3 rings (SSSR count). The molecule has 9 heteroatoms. The van der Waals surface area contributed by atoms with Crippen LogP contribution < -0.4 is 9.64 Å². The number of amides is 2. The number of anilines is 1. The summed E-state index contributed by atoms with van der Waals surface area (Å²) in [6.45, 7) is 6.63. The second kappa shape index (κ2) is 8.59. The van der Waals surface area contributed by atoms with E-state index in [9.17, 15) is 14.4 Å². The zero-order valence-corrected chi connectivity index (χ0v) is 17.5. The molecule has 0 aromatic heterocycles. The van der Waals surface area contributed by atoms with Crippen LogP contribution >= 0.6 is 24.0 Å². The van der Waals surface area contributed by atoms with E-state index in [0.717, 1.165) is 0 Å². The molecule has 2 saturated heterocycles. The monoisotopic (exact) mass is 422 g/mol. The molecule has 0 spiro atoms. The van der Waals surface area contributed by atoms with Crippen LogP contribution in [0.1, 0.15) is 27.2 Å². The van der Waals surface area contributed by atoms with Crippen molar-refractivity contribution in [2.45, 2.75) is 44.6 Å². The van der Waals surface area contributed by atoms with Gasteiger partial charge in [0, 0.05) is 26.4 Å². The molecule has 1 aromatic rings. The maximum Gasteiger partial charge on any atom is 0.308 e. The molecule has 2 heterocycles. The van der Waals surface area contributed by atoms with E-state index in [2.05, 4.69) is 0 Å². The van der Waals surface area contributed by atoms with Crippen molar-refractivity contribution in [3.8, 4) is 5.75 Å². The van der Waals surface area contributed by atoms with Crippen LogP contribution in [0, 0.1) is 0 Å². The first kappa shape index (κ1) is 20.8. The molecule has 0 N–H and O–H groups in total. The highest BCUT2D eigenvalue weighted by Crippen LogP contribution is 2.32. The molecule has 0 saturated carbocycles. The third-order valence-electron chi connectivity index (χ3n) is 4.38. The molecule has 2 amide bonds. The number of hydrogen-bond donors (Lipinski definition) is 0. The van der Waals surface area contributed by atoms with E-state index in [4.69, 9.17) is 21.7 Å². The van der Waals surface area contributed by atoms with Crippen molar-refractivity contribution in [2.24, 2.45) is 0 Å². The van der Waals surface area contributed by atoms with E-state index in [1.54, 1.807) is 24.3 Å². The Morgan fingerprint density at radius 2 is 1.79 bits per heavy atom. The van der Waals surface area contributed by atoms with Crippen molar-refractivity contribution in [1.82, 2.24) is 4.90 Å². The Kier molecular flexibility index (Phi) is 6.36. The highest BCUT2D eigenvalue weighted by atomic mass is 32.2. The minimum Gasteiger partial charge on any atom is -0.427 e. The zero-order valence-electron chi connectivity index (χ0n) is 15.9. The summed E-state index contributed by atoms with van der Waals surface area (Å²) in [5, 5.41) is -0.540. The van der Waals surface area contributed by atoms with E-state index in [1.807, 2.05) is 18.7 Å². The average molecular weight is 423 g/mol. The molecular weight excluding hydrogens is 400 g/mol. The first-order valence-corrected chi connectivity index (χ1v) is 10.3. The van der Waals surface area contributed by atoms with Crippen LogP contribution in [-0.2, 0) is 19.1 Å². The number of nitrogens with zero attached hydrogens (tertiary/aromatic N) is 2. The quantitative estimate of drug-likeness (QED) is 0.318. The molecule has 0 radical (unpaired) electrons. The highest BCUT2D eigenvalue weighted by molar-refractivity contribution is 8.23. The third kappa shape index (κ3) is 4.71. The van der Waals surface area contributed by atoms with Gasteiger partial charge in [0.2, 0.25) is 11.8 Å². The molecule has 1 aromatic carbocycles. The largest absolute Gasteiger partial charge is 0.427 e. The molecule has 7 nitrogen and oxygen atoms in total. The van der Waals surface area contributed by atoms with Crippen LogP contribution in [0.15, 0.2) is 24.3 Å². The van der Waals surface area contributed by atoms with Gasteiger partial charge in [0.25, 0.3) is 0 Å². The fourth-order valence-corrected chi connectivity index (χ4v) is 4.79. The Morgan fingerprint density at radius 1 is 1.18 bits per heavy atom. The van der Waals surface area contributed by atoms with E-state index >= 15 is 0 Å². The van der Waals surface area contributed by atoms with Crippen LogP contribution in [0.3, 0.4) is 0 Å². The van der Waals surface area contributed by atoms with Crippen LogP contribution in [0.5, 0.6) is 5.75 Å². The summed E-state index contributed by atoms with van der Waals surface area (Å²) in [5.74, 6) is -0.628. The molecule has 0 bridgehead atoms. The smallest absolute Gasteiger partial charge is 0.308 e. The summed E-state index contributed by atoms with van der Waals surface area (Å²) in [4.78, 5) is 39.5. The van der Waals surface area contributed by atoms with Gasteiger partial charge in [0.15, 0.2) is 0 Å². The van der Waals surface area contributed by atoms with Gasteiger partial charge in [-0.3, -0.25) is 14.4 Å². The highest BCUT2D eigenvalue weighted by Gasteiger charge is 2.41. The number of carbonyl (C=O) groups is 3. The third-order valence-corrected chi connectivity index (χ3v) is 6.04. The number of thioether (sulfide) groups is 1. The molecule has 2 fully saturated rings. The summed E-state index contributed by atoms with van der Waals surface area (Å²) >= 11 is 6.78. The molecule has 28 heavy (non-hydrogen) atoms. The molecule has 2 aliphatic rings. The second-order valence-electron chi connectivity index (χ2n) is 6.89. The summed E-state index contributed by atoms with van der Waals surface area (Å²) in [7, 11) is 0. The van der Waals surface area contributed by atoms with Gasteiger partial charge in [-0.1, -0.05) is 24.0 Å². The van der Waals surface area contributed by atoms with Crippen molar-refractivity contribution in [1.29, 1.82) is 0 Å². The number of imide groups is 1. The van der Waals surface area contributed by atoms with Gasteiger partial charge < -0.3 is 14.4 Å². The number of esters is 1. The Morgan fingerprint density at radius 3 is 2.36 bits per heavy atom. The number of rotatable bonds is 3. The van der Waals surface area contributed by atoms with E-state index < -0.39 is 11.2 Å². The maximum atomic E-state index is 12.8. The molecule has 150 valence electrons. The number of carbonyl (C=O) groups excluding carboxylic acids is 3. The zero-order chi connectivity index (χ0) is 20.4. The van der Waals surface area contributed by atoms with Gasteiger partial charge in [-0.15, -0.1) is 0 Å². The summed E-state index contributed by atoms with van der Waals surface area (Å²) < 4.78 is 11.3. The van der Waals surface area contributed by atoms with Crippen molar-refractivity contribution in [3.63, 3.8) is 0 Å². The Hall–Kier alpha value is -1.97. The summed E-state index contributed by atoms with van der Waals surface area (Å²) in [5.41, 5.74) is 0.452. The Labute approximate surface area is 173 Å². The van der Waals surface area contributed by atoms with Crippen LogP contribution in [0.25, 0.3) is 0 Å². The van der Waals surface area contributed by atoms with Gasteiger partial charge in [0.05, 0.1) is 17.9 Å². The first-order chi connectivity index (χ1) is 13.2. The lowest BCUT2D eigenvalue weighted by Crippen LogP contribution is -2.47. The fraction of sp³-hybridized carbons (Fsp3) is 0.474. The molecule has 3 atom stereocenters. The normalized spacial score (nSPS) is 25.2. The van der Waals surface area contributed by atoms with Crippen molar-refractivity contribution < 1.29 is 23.9 Å². The molecule has 2 aliphatic heterocycles. The Bertz CT molecular complexity index is 788. The first-order valence-electron chi connectivity index (χ1n) is 9.01. The van der Waals surface area contributed by atoms with Crippen molar-refractivity contribution >= 4 is 51.8 Å². The van der Waals surface area contributed by atoms with Crippen molar-refractivity contribution in [3.05, 3.63) is 24.3 Å². The molecule has 0 unspecified atom stereocenters. The van der Waals surface area contributed by atoms with Crippen LogP contribution in [0.4, 0.5) is 5.69 Å². The average Bonchev–Trinajstić information content (AvgIpc) is 2.88. The van der Waals surface area contributed by atoms with Crippen LogP contribution in [0.2, 0.25) is 0 Å². The van der Waals surface area contributed by atoms with E-state index in [-0.39, 0.29) is 30.4 Å². The lowest BCUT2D eigenvalue weighted by Gasteiger charge is -2.36. The van der Waals surface area contributed by atoms with E-state index in [0.29, 0.717) is 28.8 Å². The number of morpholine rings is 1. The lowest BCUT2D eigenvalue weighted by molar-refractivity contribution is -0.132. The van der Waals surface area contributed by atoms with Gasteiger partial charge in [-0.2, -0.15) is 0 Å². The number of thiocarbonyl (C=S) groups is 1. The lowest BCUT2D eigenvalue weighted by atomic mass is 10.2. The van der Waals surface area contributed by atoms with Crippen LogP contribution in [-0.4, -0.2) is 57.6 Å². The van der Waals surface area contributed by atoms with Gasteiger partial charge >= 0.3 is 5.97 Å². The van der Waals surface area contributed by atoms with Gasteiger partial charge in [-0.25, -0.2) is 4.90 Å².